The third kappa shape index (κ3) is 3.29. The van der Waals surface area contributed by atoms with Crippen molar-refractivity contribution in [2.45, 2.75) is 6.92 Å². The lowest BCUT2D eigenvalue weighted by atomic mass is 10.1. The number of halogens is 3. The molecule has 0 unspecified atom stereocenters. The van der Waals surface area contributed by atoms with Crippen molar-refractivity contribution in [2.24, 2.45) is 0 Å². The fraction of sp³-hybridized carbons (Fsp3) is 0.0526. The van der Waals surface area contributed by atoms with E-state index in [4.69, 9.17) is 4.42 Å². The maximum Gasteiger partial charge on any atom is 0.266 e. The Hall–Kier alpha value is -3.55. The molecule has 27 heavy (non-hydrogen) atoms. The van der Waals surface area contributed by atoms with Crippen LogP contribution in [-0.2, 0) is 0 Å². The second-order valence-corrected chi connectivity index (χ2v) is 5.77. The van der Waals surface area contributed by atoms with Gasteiger partial charge in [-0.25, -0.2) is 18.2 Å². The fourth-order valence-corrected chi connectivity index (χ4v) is 2.57. The maximum absolute atomic E-state index is 14.5. The lowest BCUT2D eigenvalue weighted by Crippen LogP contribution is -1.97. The summed E-state index contributed by atoms with van der Waals surface area (Å²) in [5.74, 6) is -1.34. The molecule has 0 aliphatic rings. The van der Waals surface area contributed by atoms with Crippen LogP contribution in [-0.4, -0.2) is 20.2 Å². The molecule has 0 aliphatic heterocycles. The van der Waals surface area contributed by atoms with Gasteiger partial charge < -0.3 is 4.42 Å². The van der Waals surface area contributed by atoms with E-state index in [0.717, 1.165) is 6.20 Å². The summed E-state index contributed by atoms with van der Waals surface area (Å²) in [4.78, 5) is 7.87. The van der Waals surface area contributed by atoms with Crippen molar-refractivity contribution in [3.63, 3.8) is 0 Å². The first-order chi connectivity index (χ1) is 13.0. The highest BCUT2D eigenvalue weighted by molar-refractivity contribution is 5.68. The van der Waals surface area contributed by atoms with Crippen molar-refractivity contribution in [1.29, 1.82) is 0 Å². The zero-order valence-corrected chi connectivity index (χ0v) is 13.9. The largest absolute Gasteiger partial charge is 0.415 e. The first kappa shape index (κ1) is 16.9. The van der Waals surface area contributed by atoms with Crippen LogP contribution in [0.2, 0.25) is 0 Å². The predicted octanol–water partition coefficient (Wildman–Crippen LogP) is 4.59. The van der Waals surface area contributed by atoms with E-state index >= 15 is 0 Å². The number of aryl methyl sites for hydroxylation is 1. The molecule has 0 amide bonds. The molecule has 8 heteroatoms. The van der Waals surface area contributed by atoms with E-state index in [1.807, 2.05) is 0 Å². The number of nitrogens with zero attached hydrogens (tertiary/aromatic N) is 4. The van der Waals surface area contributed by atoms with Gasteiger partial charge >= 0.3 is 0 Å². The van der Waals surface area contributed by atoms with Gasteiger partial charge in [0.1, 0.15) is 17.3 Å². The van der Waals surface area contributed by atoms with Crippen LogP contribution in [0.15, 0.2) is 53.2 Å². The van der Waals surface area contributed by atoms with Crippen LogP contribution in [0.1, 0.15) is 5.69 Å². The van der Waals surface area contributed by atoms with Crippen molar-refractivity contribution < 1.29 is 17.6 Å². The van der Waals surface area contributed by atoms with E-state index in [0.29, 0.717) is 5.56 Å². The summed E-state index contributed by atoms with van der Waals surface area (Å²) in [7, 11) is 0. The third-order valence-corrected chi connectivity index (χ3v) is 3.87. The third-order valence-electron chi connectivity index (χ3n) is 3.87. The molecular weight excluding hydrogens is 357 g/mol. The highest BCUT2D eigenvalue weighted by atomic mass is 19.1. The van der Waals surface area contributed by atoms with E-state index in [-0.39, 0.29) is 40.1 Å². The Kier molecular flexibility index (Phi) is 4.15. The molecular formula is C19H11F3N4O. The Labute approximate surface area is 151 Å². The Bertz CT molecular complexity index is 1130. The van der Waals surface area contributed by atoms with Crippen LogP contribution in [0.4, 0.5) is 13.2 Å². The number of rotatable bonds is 3. The number of aromatic nitrogens is 4. The van der Waals surface area contributed by atoms with E-state index in [1.54, 1.807) is 0 Å². The van der Waals surface area contributed by atoms with Gasteiger partial charge in [-0.1, -0.05) is 0 Å². The molecule has 1 aromatic carbocycles. The molecule has 5 nitrogen and oxygen atoms in total. The molecule has 0 N–H and O–H groups in total. The smallest absolute Gasteiger partial charge is 0.266 e. The van der Waals surface area contributed by atoms with Crippen LogP contribution >= 0.6 is 0 Å². The maximum atomic E-state index is 14.5. The van der Waals surface area contributed by atoms with Gasteiger partial charge in [0, 0.05) is 22.9 Å². The minimum Gasteiger partial charge on any atom is -0.415 e. The SMILES string of the molecule is Cc1nc(-c2nnc(-c3ccc(F)cc3)o2)cc(-c2cncc(F)c2)c1F. The second-order valence-electron chi connectivity index (χ2n) is 5.77. The van der Waals surface area contributed by atoms with Crippen molar-refractivity contribution in [1.82, 2.24) is 20.2 Å². The topological polar surface area (TPSA) is 64.7 Å². The molecule has 0 saturated heterocycles. The summed E-state index contributed by atoms with van der Waals surface area (Å²) in [6.45, 7) is 1.48. The van der Waals surface area contributed by atoms with Crippen molar-refractivity contribution in [3.8, 4) is 34.2 Å². The van der Waals surface area contributed by atoms with Gasteiger partial charge in [-0.05, 0) is 43.3 Å². The first-order valence-corrected chi connectivity index (χ1v) is 7.89. The molecule has 0 bridgehead atoms. The molecule has 0 fully saturated rings. The lowest BCUT2D eigenvalue weighted by molar-refractivity contribution is 0.578. The molecule has 4 rings (SSSR count). The van der Waals surface area contributed by atoms with Crippen LogP contribution < -0.4 is 0 Å². The van der Waals surface area contributed by atoms with Gasteiger partial charge in [0.15, 0.2) is 5.82 Å². The standard InChI is InChI=1S/C19H11F3N4O/c1-10-17(22)15(12-6-14(21)9-23-8-12)7-16(24-10)19-26-25-18(27-19)11-2-4-13(20)5-3-11/h2-9H,1H3. The Balaban J connectivity index is 1.78. The second kappa shape index (κ2) is 6.64. The molecule has 0 spiro atoms. The zero-order chi connectivity index (χ0) is 19.0. The van der Waals surface area contributed by atoms with Gasteiger partial charge in [-0.3, -0.25) is 4.98 Å². The van der Waals surface area contributed by atoms with Crippen molar-refractivity contribution >= 4 is 0 Å². The lowest BCUT2D eigenvalue weighted by Gasteiger charge is -2.07. The van der Waals surface area contributed by atoms with E-state index in [9.17, 15) is 13.2 Å². The first-order valence-electron chi connectivity index (χ1n) is 7.89. The molecule has 3 heterocycles. The normalized spacial score (nSPS) is 11.0. The summed E-state index contributed by atoms with van der Waals surface area (Å²) in [5.41, 5.74) is 1.23. The average molecular weight is 368 g/mol. The van der Waals surface area contributed by atoms with Crippen LogP contribution in [0.5, 0.6) is 0 Å². The summed E-state index contributed by atoms with van der Waals surface area (Å²) in [6.07, 6.45) is 2.38. The Morgan fingerprint density at radius 2 is 1.56 bits per heavy atom. The summed E-state index contributed by atoms with van der Waals surface area (Å²) in [5, 5.41) is 7.84. The fourth-order valence-electron chi connectivity index (χ4n) is 2.57. The summed E-state index contributed by atoms with van der Waals surface area (Å²) >= 11 is 0. The van der Waals surface area contributed by atoms with Crippen LogP contribution in [0.25, 0.3) is 34.2 Å². The van der Waals surface area contributed by atoms with Crippen LogP contribution in [0, 0.1) is 24.4 Å². The average Bonchev–Trinajstić information content (AvgIpc) is 3.14. The molecule has 0 radical (unpaired) electrons. The molecule has 4 aromatic rings. The van der Waals surface area contributed by atoms with Crippen LogP contribution in [0.3, 0.4) is 0 Å². The molecule has 134 valence electrons. The van der Waals surface area contributed by atoms with E-state index in [2.05, 4.69) is 20.2 Å². The predicted molar refractivity (Wildman–Crippen MR) is 90.8 cm³/mol. The van der Waals surface area contributed by atoms with E-state index < -0.39 is 11.6 Å². The molecule has 0 atom stereocenters. The minimum absolute atomic E-state index is 0.0584. The monoisotopic (exact) mass is 368 g/mol. The molecule has 0 saturated carbocycles. The van der Waals surface area contributed by atoms with Gasteiger partial charge in [-0.2, -0.15) is 0 Å². The quantitative estimate of drug-likeness (QED) is 0.529. The summed E-state index contributed by atoms with van der Waals surface area (Å²) < 4.78 is 46.6. The number of pyridine rings is 2. The summed E-state index contributed by atoms with van der Waals surface area (Å²) in [6, 6.07) is 8.11. The number of benzene rings is 1. The number of hydrogen-bond donors (Lipinski definition) is 0. The molecule has 0 aliphatic carbocycles. The van der Waals surface area contributed by atoms with Gasteiger partial charge in [0.05, 0.1) is 11.9 Å². The van der Waals surface area contributed by atoms with Gasteiger partial charge in [-0.15, -0.1) is 10.2 Å². The Morgan fingerprint density at radius 1 is 0.815 bits per heavy atom. The Morgan fingerprint density at radius 3 is 2.30 bits per heavy atom. The van der Waals surface area contributed by atoms with Gasteiger partial charge in [0.25, 0.3) is 5.89 Å². The highest BCUT2D eigenvalue weighted by Gasteiger charge is 2.17. The highest BCUT2D eigenvalue weighted by Crippen LogP contribution is 2.30. The van der Waals surface area contributed by atoms with Crippen molar-refractivity contribution in [3.05, 3.63) is 71.9 Å². The molecule has 3 aromatic heterocycles. The minimum atomic E-state index is -0.593. The number of hydrogen-bond acceptors (Lipinski definition) is 5. The van der Waals surface area contributed by atoms with E-state index in [1.165, 1.54) is 49.5 Å². The zero-order valence-electron chi connectivity index (χ0n) is 13.9. The van der Waals surface area contributed by atoms with Crippen molar-refractivity contribution in [2.75, 3.05) is 0 Å². The van der Waals surface area contributed by atoms with Gasteiger partial charge in [0.2, 0.25) is 5.89 Å².